The van der Waals surface area contributed by atoms with Gasteiger partial charge in [-0.3, -0.25) is 9.98 Å². The molecule has 26 heavy (non-hydrogen) atoms. The average Bonchev–Trinajstić information content (AvgIpc) is 2.66. The van der Waals surface area contributed by atoms with Gasteiger partial charge in [-0.05, 0) is 43.7 Å². The molecule has 7 nitrogen and oxygen atoms in total. The Hall–Kier alpha value is -1.67. The maximum atomic E-state index is 12.1. The van der Waals surface area contributed by atoms with Gasteiger partial charge >= 0.3 is 0 Å². The molecule has 8 heteroatoms. The largest absolute Gasteiger partial charge is 0.355 e. The Morgan fingerprint density at radius 2 is 2.04 bits per heavy atom. The van der Waals surface area contributed by atoms with E-state index in [9.17, 15) is 8.42 Å². The van der Waals surface area contributed by atoms with E-state index in [1.54, 1.807) is 19.3 Å². The summed E-state index contributed by atoms with van der Waals surface area (Å²) < 4.78 is 26.8. The normalized spacial score (nSPS) is 21.4. The number of guanidine groups is 1. The van der Waals surface area contributed by atoms with Gasteiger partial charge in [-0.1, -0.05) is 19.8 Å². The molecule has 0 aromatic carbocycles. The first kappa shape index (κ1) is 20.6. The van der Waals surface area contributed by atoms with Crippen LogP contribution in [-0.4, -0.2) is 45.5 Å². The second kappa shape index (κ2) is 10.5. The molecule has 1 aromatic rings. The van der Waals surface area contributed by atoms with Crippen LogP contribution in [0.4, 0.5) is 0 Å². The number of rotatable bonds is 8. The highest BCUT2D eigenvalue weighted by molar-refractivity contribution is 7.89. The summed E-state index contributed by atoms with van der Waals surface area (Å²) in [7, 11) is -1.78. The van der Waals surface area contributed by atoms with Gasteiger partial charge in [0.1, 0.15) is 4.90 Å². The van der Waals surface area contributed by atoms with E-state index in [2.05, 4.69) is 32.3 Å². The Balaban J connectivity index is 1.69. The van der Waals surface area contributed by atoms with Gasteiger partial charge in [0, 0.05) is 38.6 Å². The van der Waals surface area contributed by atoms with Gasteiger partial charge in [0.05, 0.1) is 0 Å². The summed E-state index contributed by atoms with van der Waals surface area (Å²) >= 11 is 0. The summed E-state index contributed by atoms with van der Waals surface area (Å²) in [5, 5.41) is 6.62. The standard InChI is InChI=1S/C18H31N5O2S/c1-3-5-15-7-9-16(10-8-15)23-18(19-2)21-12-13-22-26(24,25)17-6-4-11-20-14-17/h4,6,11,14-16,22H,3,5,7-10,12-13H2,1-2H3,(H2,19,21,23). The molecule has 1 saturated carbocycles. The Morgan fingerprint density at radius 1 is 1.27 bits per heavy atom. The van der Waals surface area contributed by atoms with E-state index in [-0.39, 0.29) is 11.4 Å². The quantitative estimate of drug-likeness (QED) is 0.363. The van der Waals surface area contributed by atoms with E-state index in [1.165, 1.54) is 50.8 Å². The van der Waals surface area contributed by atoms with Crippen molar-refractivity contribution in [3.8, 4) is 0 Å². The van der Waals surface area contributed by atoms with Crippen LogP contribution in [0.3, 0.4) is 0 Å². The lowest BCUT2D eigenvalue weighted by Crippen LogP contribution is -2.46. The first-order chi connectivity index (χ1) is 12.5. The van der Waals surface area contributed by atoms with Crippen molar-refractivity contribution < 1.29 is 8.42 Å². The highest BCUT2D eigenvalue weighted by atomic mass is 32.2. The summed E-state index contributed by atoms with van der Waals surface area (Å²) in [6.45, 7) is 2.99. The molecule has 146 valence electrons. The minimum Gasteiger partial charge on any atom is -0.355 e. The summed E-state index contributed by atoms with van der Waals surface area (Å²) in [6.07, 6.45) is 10.4. The van der Waals surface area contributed by atoms with Crippen molar-refractivity contribution in [1.29, 1.82) is 0 Å². The third-order valence-corrected chi connectivity index (χ3v) is 6.21. The van der Waals surface area contributed by atoms with E-state index < -0.39 is 10.0 Å². The van der Waals surface area contributed by atoms with E-state index in [4.69, 9.17) is 0 Å². The smallest absolute Gasteiger partial charge is 0.242 e. The van der Waals surface area contributed by atoms with Crippen LogP contribution in [0.5, 0.6) is 0 Å². The topological polar surface area (TPSA) is 95.5 Å². The highest BCUT2D eigenvalue weighted by Gasteiger charge is 2.21. The number of hydrogen-bond donors (Lipinski definition) is 3. The second-order valence-electron chi connectivity index (χ2n) is 6.74. The second-order valence-corrected chi connectivity index (χ2v) is 8.50. The number of sulfonamides is 1. The summed E-state index contributed by atoms with van der Waals surface area (Å²) in [5.74, 6) is 1.60. The molecule has 0 aliphatic heterocycles. The number of hydrogen-bond acceptors (Lipinski definition) is 4. The highest BCUT2D eigenvalue weighted by Crippen LogP contribution is 2.27. The summed E-state index contributed by atoms with van der Waals surface area (Å²) in [4.78, 5) is 8.25. The van der Waals surface area contributed by atoms with Crippen molar-refractivity contribution in [2.45, 2.75) is 56.4 Å². The molecule has 1 aliphatic rings. The molecule has 1 heterocycles. The fourth-order valence-electron chi connectivity index (χ4n) is 3.35. The predicted molar refractivity (Wildman–Crippen MR) is 105 cm³/mol. The van der Waals surface area contributed by atoms with Gasteiger partial charge in [-0.2, -0.15) is 0 Å². The fourth-order valence-corrected chi connectivity index (χ4v) is 4.34. The Morgan fingerprint density at radius 3 is 2.65 bits per heavy atom. The maximum absolute atomic E-state index is 12.1. The van der Waals surface area contributed by atoms with Crippen LogP contribution < -0.4 is 15.4 Å². The van der Waals surface area contributed by atoms with E-state index >= 15 is 0 Å². The zero-order valence-corrected chi connectivity index (χ0v) is 16.6. The molecular weight excluding hydrogens is 350 g/mol. The molecule has 0 spiro atoms. The van der Waals surface area contributed by atoms with Crippen LogP contribution >= 0.6 is 0 Å². The number of aromatic nitrogens is 1. The van der Waals surface area contributed by atoms with Crippen molar-refractivity contribution in [3.05, 3.63) is 24.5 Å². The first-order valence-electron chi connectivity index (χ1n) is 9.42. The molecule has 0 radical (unpaired) electrons. The molecule has 0 unspecified atom stereocenters. The van der Waals surface area contributed by atoms with Crippen molar-refractivity contribution in [2.24, 2.45) is 10.9 Å². The predicted octanol–water partition coefficient (Wildman–Crippen LogP) is 1.88. The molecule has 0 amide bonds. The lowest BCUT2D eigenvalue weighted by Gasteiger charge is -2.30. The lowest BCUT2D eigenvalue weighted by molar-refractivity contribution is 0.295. The molecular formula is C18H31N5O2S. The van der Waals surface area contributed by atoms with Crippen LogP contribution in [-0.2, 0) is 10.0 Å². The molecule has 2 rings (SSSR count). The lowest BCUT2D eigenvalue weighted by atomic mass is 9.83. The monoisotopic (exact) mass is 381 g/mol. The van der Waals surface area contributed by atoms with Crippen LogP contribution in [0.25, 0.3) is 0 Å². The van der Waals surface area contributed by atoms with Crippen molar-refractivity contribution in [2.75, 3.05) is 20.1 Å². The van der Waals surface area contributed by atoms with Crippen LogP contribution in [0.15, 0.2) is 34.4 Å². The molecule has 3 N–H and O–H groups in total. The van der Waals surface area contributed by atoms with Gasteiger partial charge in [0.25, 0.3) is 0 Å². The van der Waals surface area contributed by atoms with Crippen molar-refractivity contribution in [1.82, 2.24) is 20.3 Å². The van der Waals surface area contributed by atoms with Gasteiger partial charge < -0.3 is 10.6 Å². The maximum Gasteiger partial charge on any atom is 0.242 e. The molecule has 1 fully saturated rings. The minimum atomic E-state index is -3.52. The number of nitrogens with zero attached hydrogens (tertiary/aromatic N) is 2. The Bertz CT molecular complexity index is 655. The summed E-state index contributed by atoms with van der Waals surface area (Å²) in [6, 6.07) is 3.58. The van der Waals surface area contributed by atoms with Gasteiger partial charge in [0.2, 0.25) is 10.0 Å². The minimum absolute atomic E-state index is 0.173. The third-order valence-electron chi connectivity index (χ3n) is 4.76. The first-order valence-corrected chi connectivity index (χ1v) is 10.9. The van der Waals surface area contributed by atoms with Crippen molar-refractivity contribution >= 4 is 16.0 Å². The zero-order chi connectivity index (χ0) is 18.8. The number of aliphatic imine (C=N–C) groups is 1. The number of pyridine rings is 1. The number of nitrogens with one attached hydrogen (secondary N) is 3. The Labute approximate surface area is 157 Å². The third kappa shape index (κ3) is 6.57. The molecule has 0 atom stereocenters. The van der Waals surface area contributed by atoms with E-state index in [1.807, 2.05) is 0 Å². The van der Waals surface area contributed by atoms with Crippen molar-refractivity contribution in [3.63, 3.8) is 0 Å². The van der Waals surface area contributed by atoms with E-state index in [0.717, 1.165) is 11.9 Å². The van der Waals surface area contributed by atoms with Gasteiger partial charge in [0.15, 0.2) is 5.96 Å². The van der Waals surface area contributed by atoms with Gasteiger partial charge in [-0.25, -0.2) is 13.1 Å². The molecule has 1 aromatic heterocycles. The van der Waals surface area contributed by atoms with Crippen LogP contribution in [0.1, 0.15) is 45.4 Å². The van der Waals surface area contributed by atoms with Crippen LogP contribution in [0.2, 0.25) is 0 Å². The average molecular weight is 382 g/mol. The van der Waals surface area contributed by atoms with Gasteiger partial charge in [-0.15, -0.1) is 0 Å². The zero-order valence-electron chi connectivity index (χ0n) is 15.7. The van der Waals surface area contributed by atoms with Crippen LogP contribution in [0, 0.1) is 5.92 Å². The molecule has 0 saturated heterocycles. The Kier molecular flexibility index (Phi) is 8.31. The fraction of sp³-hybridized carbons (Fsp3) is 0.667. The van der Waals surface area contributed by atoms with E-state index in [0.29, 0.717) is 12.6 Å². The molecule has 1 aliphatic carbocycles. The molecule has 0 bridgehead atoms. The summed E-state index contributed by atoms with van der Waals surface area (Å²) in [5.41, 5.74) is 0. The SMILES string of the molecule is CCCC1CCC(NC(=NC)NCCNS(=O)(=O)c2cccnc2)CC1.